The number of hydrogen-bond donors (Lipinski definition) is 1. The van der Waals surface area contributed by atoms with Crippen molar-refractivity contribution in [2.24, 2.45) is 5.92 Å². The highest BCUT2D eigenvalue weighted by Crippen LogP contribution is 2.33. The van der Waals surface area contributed by atoms with Crippen LogP contribution in [0.5, 0.6) is 0 Å². The van der Waals surface area contributed by atoms with Gasteiger partial charge in [-0.3, -0.25) is 10.1 Å². The minimum absolute atomic E-state index is 0.0277. The standard InChI is InChI=1S/C18H25N3O4S/c1-19-8-6-14(7-9-19)17-10-16(26)11-20(17)18(22)25-12-13-2-4-15(5-3-13)21(23)24/h2-5,14,16-17,26H,6-12H2,1H3/t16-,17-/m0/s1. The van der Waals surface area contributed by atoms with Gasteiger partial charge in [0.25, 0.3) is 5.69 Å². The number of nitrogens with zero attached hydrogens (tertiary/aromatic N) is 3. The van der Waals surface area contributed by atoms with Gasteiger partial charge in [-0.2, -0.15) is 12.6 Å². The summed E-state index contributed by atoms with van der Waals surface area (Å²) in [6, 6.07) is 6.26. The van der Waals surface area contributed by atoms with Gasteiger partial charge < -0.3 is 14.5 Å². The number of carbonyl (C=O) groups is 1. The molecule has 0 radical (unpaired) electrons. The summed E-state index contributed by atoms with van der Waals surface area (Å²) in [4.78, 5) is 27.0. The van der Waals surface area contributed by atoms with Gasteiger partial charge in [0.15, 0.2) is 0 Å². The van der Waals surface area contributed by atoms with Crippen molar-refractivity contribution in [1.29, 1.82) is 0 Å². The van der Waals surface area contributed by atoms with Crippen LogP contribution in [0.2, 0.25) is 0 Å². The van der Waals surface area contributed by atoms with E-state index in [0.29, 0.717) is 12.5 Å². The largest absolute Gasteiger partial charge is 0.445 e. The number of piperidine rings is 1. The Kier molecular flexibility index (Phi) is 6.03. The van der Waals surface area contributed by atoms with Crippen LogP contribution in [0, 0.1) is 16.0 Å². The van der Waals surface area contributed by atoms with E-state index in [4.69, 9.17) is 4.74 Å². The van der Waals surface area contributed by atoms with Crippen molar-refractivity contribution < 1.29 is 14.5 Å². The lowest BCUT2D eigenvalue weighted by atomic mass is 9.88. The molecule has 1 amide bonds. The number of amides is 1. The summed E-state index contributed by atoms with van der Waals surface area (Å²) >= 11 is 4.59. The normalized spacial score (nSPS) is 24.6. The molecule has 0 spiro atoms. The second kappa shape index (κ2) is 8.26. The van der Waals surface area contributed by atoms with E-state index in [1.54, 1.807) is 12.1 Å². The van der Waals surface area contributed by atoms with Gasteiger partial charge in [0, 0.05) is 30.0 Å². The summed E-state index contributed by atoms with van der Waals surface area (Å²) in [6.07, 6.45) is 2.77. The van der Waals surface area contributed by atoms with Crippen LogP contribution in [0.15, 0.2) is 24.3 Å². The Morgan fingerprint density at radius 1 is 1.31 bits per heavy atom. The van der Waals surface area contributed by atoms with Gasteiger partial charge in [-0.1, -0.05) is 0 Å². The van der Waals surface area contributed by atoms with E-state index in [1.807, 2.05) is 4.90 Å². The molecule has 7 nitrogen and oxygen atoms in total. The highest BCUT2D eigenvalue weighted by molar-refractivity contribution is 7.81. The summed E-state index contributed by atoms with van der Waals surface area (Å²) in [7, 11) is 2.13. The summed E-state index contributed by atoms with van der Waals surface area (Å²) in [6.45, 7) is 2.85. The smallest absolute Gasteiger partial charge is 0.410 e. The first-order chi connectivity index (χ1) is 12.4. The minimum atomic E-state index is -0.445. The molecule has 0 bridgehead atoms. The second-order valence-corrected chi connectivity index (χ2v) is 7.96. The third-order valence-electron chi connectivity index (χ3n) is 5.37. The maximum Gasteiger partial charge on any atom is 0.410 e. The van der Waals surface area contributed by atoms with E-state index < -0.39 is 4.92 Å². The van der Waals surface area contributed by atoms with Crippen LogP contribution in [-0.4, -0.2) is 58.8 Å². The van der Waals surface area contributed by atoms with Gasteiger partial charge in [0.2, 0.25) is 0 Å². The Morgan fingerprint density at radius 3 is 2.58 bits per heavy atom. The third-order valence-corrected chi connectivity index (χ3v) is 5.75. The Balaban J connectivity index is 1.57. The molecule has 2 saturated heterocycles. The van der Waals surface area contributed by atoms with Gasteiger partial charge in [0.05, 0.1) is 4.92 Å². The number of nitro groups is 1. The summed E-state index contributed by atoms with van der Waals surface area (Å²) in [5.74, 6) is 0.496. The molecule has 2 heterocycles. The SMILES string of the molecule is CN1CCC([C@@H]2C[C@H](S)CN2C(=O)OCc2ccc([N+](=O)[O-])cc2)CC1. The van der Waals surface area contributed by atoms with Crippen molar-refractivity contribution in [2.45, 2.75) is 37.2 Å². The number of carbonyl (C=O) groups excluding carboxylic acids is 1. The highest BCUT2D eigenvalue weighted by atomic mass is 32.1. The number of benzene rings is 1. The average Bonchev–Trinajstić information content (AvgIpc) is 3.02. The molecule has 2 aliphatic rings. The molecular formula is C18H25N3O4S. The van der Waals surface area contributed by atoms with Crippen LogP contribution in [0.1, 0.15) is 24.8 Å². The molecule has 0 aromatic heterocycles. The van der Waals surface area contributed by atoms with Crippen molar-refractivity contribution in [3.63, 3.8) is 0 Å². The Labute approximate surface area is 158 Å². The first-order valence-corrected chi connectivity index (χ1v) is 9.49. The maximum absolute atomic E-state index is 12.6. The average molecular weight is 379 g/mol. The van der Waals surface area contributed by atoms with Crippen LogP contribution in [0.3, 0.4) is 0 Å². The summed E-state index contributed by atoms with van der Waals surface area (Å²) < 4.78 is 5.48. The Bertz CT molecular complexity index is 646. The van der Waals surface area contributed by atoms with E-state index in [-0.39, 0.29) is 29.7 Å². The van der Waals surface area contributed by atoms with E-state index in [9.17, 15) is 14.9 Å². The fourth-order valence-corrected chi connectivity index (χ4v) is 4.25. The lowest BCUT2D eigenvalue weighted by molar-refractivity contribution is -0.384. The second-order valence-electron chi connectivity index (χ2n) is 7.23. The van der Waals surface area contributed by atoms with Gasteiger partial charge in [0.1, 0.15) is 6.61 Å². The summed E-state index contributed by atoms with van der Waals surface area (Å²) in [5, 5.41) is 10.9. The van der Waals surface area contributed by atoms with E-state index in [1.165, 1.54) is 12.1 Å². The number of likely N-dealkylation sites (tertiary alicyclic amines) is 2. The molecule has 8 heteroatoms. The van der Waals surface area contributed by atoms with Crippen LogP contribution in [0.4, 0.5) is 10.5 Å². The molecule has 1 aromatic carbocycles. The first kappa shape index (κ1) is 19.0. The number of ether oxygens (including phenoxy) is 1. The van der Waals surface area contributed by atoms with Crippen molar-refractivity contribution >= 4 is 24.4 Å². The molecule has 0 saturated carbocycles. The van der Waals surface area contributed by atoms with Gasteiger partial charge in [-0.05, 0) is 63.0 Å². The lowest BCUT2D eigenvalue weighted by Crippen LogP contribution is -2.44. The van der Waals surface area contributed by atoms with Crippen LogP contribution in [0.25, 0.3) is 0 Å². The molecule has 1 aromatic rings. The molecule has 0 unspecified atom stereocenters. The first-order valence-electron chi connectivity index (χ1n) is 8.97. The van der Waals surface area contributed by atoms with E-state index in [2.05, 4.69) is 24.6 Å². The van der Waals surface area contributed by atoms with Gasteiger partial charge in [-0.25, -0.2) is 4.79 Å². The lowest BCUT2D eigenvalue weighted by Gasteiger charge is -2.36. The topological polar surface area (TPSA) is 75.9 Å². The number of rotatable bonds is 4. The molecule has 2 atom stereocenters. The third kappa shape index (κ3) is 4.48. The number of non-ortho nitro benzene ring substituents is 1. The van der Waals surface area contributed by atoms with Crippen molar-refractivity contribution in [3.05, 3.63) is 39.9 Å². The zero-order valence-electron chi connectivity index (χ0n) is 14.9. The number of hydrogen-bond acceptors (Lipinski definition) is 6. The van der Waals surface area contributed by atoms with Crippen molar-refractivity contribution in [1.82, 2.24) is 9.80 Å². The van der Waals surface area contributed by atoms with Gasteiger partial charge in [-0.15, -0.1) is 0 Å². The minimum Gasteiger partial charge on any atom is -0.445 e. The predicted octanol–water partition coefficient (Wildman–Crippen LogP) is 2.95. The molecule has 2 fully saturated rings. The molecular weight excluding hydrogens is 354 g/mol. The number of thiol groups is 1. The van der Waals surface area contributed by atoms with E-state index >= 15 is 0 Å². The van der Waals surface area contributed by atoms with Crippen LogP contribution >= 0.6 is 12.6 Å². The number of nitro benzene ring substituents is 1. The Morgan fingerprint density at radius 2 is 1.96 bits per heavy atom. The van der Waals surface area contributed by atoms with Crippen molar-refractivity contribution in [2.75, 3.05) is 26.7 Å². The van der Waals surface area contributed by atoms with Crippen LogP contribution in [-0.2, 0) is 11.3 Å². The quantitative estimate of drug-likeness (QED) is 0.494. The molecule has 0 aliphatic carbocycles. The molecule has 142 valence electrons. The molecule has 3 rings (SSSR count). The van der Waals surface area contributed by atoms with Crippen molar-refractivity contribution in [3.8, 4) is 0 Å². The fraction of sp³-hybridized carbons (Fsp3) is 0.611. The molecule has 0 N–H and O–H groups in total. The van der Waals surface area contributed by atoms with Gasteiger partial charge >= 0.3 is 6.09 Å². The zero-order chi connectivity index (χ0) is 18.7. The fourth-order valence-electron chi connectivity index (χ4n) is 3.86. The molecule has 26 heavy (non-hydrogen) atoms. The zero-order valence-corrected chi connectivity index (χ0v) is 15.8. The molecule has 2 aliphatic heterocycles. The predicted molar refractivity (Wildman–Crippen MR) is 101 cm³/mol. The monoisotopic (exact) mass is 379 g/mol. The highest BCUT2D eigenvalue weighted by Gasteiger charge is 2.40. The van der Waals surface area contributed by atoms with E-state index in [0.717, 1.165) is 37.9 Å². The Hall–Kier alpha value is -1.80. The van der Waals surface area contributed by atoms with Crippen LogP contribution < -0.4 is 0 Å². The summed E-state index contributed by atoms with van der Waals surface area (Å²) in [5.41, 5.74) is 0.765. The maximum atomic E-state index is 12.6.